The molecular formula is C24H28N6O3. The fourth-order valence-corrected chi connectivity index (χ4v) is 4.40. The molecule has 9 nitrogen and oxygen atoms in total. The summed E-state index contributed by atoms with van der Waals surface area (Å²) in [6, 6.07) is 5.27. The maximum atomic E-state index is 13.1. The SMILES string of the molecule is CC(C)Oc1cc(NC(=O)N2CCCc3cc(C4CCNCC4)c(C=O)nc32)ncc1C#N. The lowest BCUT2D eigenvalue weighted by atomic mass is 9.87. The zero-order valence-corrected chi connectivity index (χ0v) is 18.9. The van der Waals surface area contributed by atoms with Crippen molar-refractivity contribution in [1.29, 1.82) is 5.26 Å². The molecule has 1 saturated heterocycles. The number of urea groups is 1. The van der Waals surface area contributed by atoms with Gasteiger partial charge in [0.05, 0.1) is 12.3 Å². The van der Waals surface area contributed by atoms with Gasteiger partial charge in [0.1, 0.15) is 34.7 Å². The number of carbonyl (C=O) groups is 2. The monoisotopic (exact) mass is 448 g/mol. The van der Waals surface area contributed by atoms with Crippen LogP contribution in [0.4, 0.5) is 16.4 Å². The summed E-state index contributed by atoms with van der Waals surface area (Å²) in [6.45, 7) is 6.06. The Morgan fingerprint density at radius 2 is 2.15 bits per heavy atom. The molecule has 2 aromatic heterocycles. The number of piperidine rings is 1. The molecule has 1 fully saturated rings. The average Bonchev–Trinajstić information content (AvgIpc) is 2.83. The second-order valence-corrected chi connectivity index (χ2v) is 8.62. The van der Waals surface area contributed by atoms with E-state index in [0.717, 1.165) is 56.2 Å². The summed E-state index contributed by atoms with van der Waals surface area (Å²) in [4.78, 5) is 35.4. The third-order valence-corrected chi connectivity index (χ3v) is 5.94. The number of rotatable bonds is 5. The summed E-state index contributed by atoms with van der Waals surface area (Å²) in [5.74, 6) is 1.47. The van der Waals surface area contributed by atoms with Crippen molar-refractivity contribution in [3.05, 3.63) is 40.7 Å². The zero-order chi connectivity index (χ0) is 23.4. The van der Waals surface area contributed by atoms with E-state index in [1.165, 1.54) is 6.20 Å². The Labute approximate surface area is 193 Å². The van der Waals surface area contributed by atoms with E-state index in [9.17, 15) is 14.9 Å². The second kappa shape index (κ2) is 9.96. The van der Waals surface area contributed by atoms with Gasteiger partial charge >= 0.3 is 6.03 Å². The highest BCUT2D eigenvalue weighted by atomic mass is 16.5. The fraction of sp³-hybridized carbons (Fsp3) is 0.458. The van der Waals surface area contributed by atoms with Crippen molar-refractivity contribution < 1.29 is 14.3 Å². The topological polar surface area (TPSA) is 120 Å². The van der Waals surface area contributed by atoms with Crippen molar-refractivity contribution >= 4 is 24.0 Å². The highest BCUT2D eigenvalue weighted by Gasteiger charge is 2.28. The molecule has 0 radical (unpaired) electrons. The van der Waals surface area contributed by atoms with E-state index in [1.54, 1.807) is 11.0 Å². The molecule has 2 aliphatic rings. The van der Waals surface area contributed by atoms with Crippen LogP contribution in [-0.2, 0) is 6.42 Å². The van der Waals surface area contributed by atoms with Gasteiger partial charge in [0, 0.05) is 12.6 Å². The molecule has 4 rings (SSSR count). The molecule has 2 N–H and O–H groups in total. The Hall–Kier alpha value is -3.51. The van der Waals surface area contributed by atoms with Gasteiger partial charge in [-0.25, -0.2) is 14.8 Å². The van der Waals surface area contributed by atoms with E-state index in [4.69, 9.17) is 4.74 Å². The highest BCUT2D eigenvalue weighted by molar-refractivity contribution is 6.01. The minimum absolute atomic E-state index is 0.128. The van der Waals surface area contributed by atoms with E-state index in [-0.39, 0.29) is 18.0 Å². The molecule has 9 heteroatoms. The Morgan fingerprint density at radius 3 is 2.85 bits per heavy atom. The molecule has 2 aromatic rings. The van der Waals surface area contributed by atoms with E-state index < -0.39 is 0 Å². The standard InChI is InChI=1S/C24H28N6O3/c1-15(2)33-21-11-22(27-13-18(21)12-25)29-24(32)30-9-3-4-17-10-19(16-5-7-26-8-6-16)20(14-31)28-23(17)30/h10-11,13-16,26H,3-9H2,1-2H3,(H,27,29,32). The van der Waals surface area contributed by atoms with Gasteiger partial charge in [-0.2, -0.15) is 5.26 Å². The maximum Gasteiger partial charge on any atom is 0.328 e. The van der Waals surface area contributed by atoms with Crippen LogP contribution < -0.4 is 20.3 Å². The lowest BCUT2D eigenvalue weighted by Gasteiger charge is -2.31. The number of pyridine rings is 2. The molecule has 0 bridgehead atoms. The molecule has 0 aromatic carbocycles. The summed E-state index contributed by atoms with van der Waals surface area (Å²) in [5.41, 5.74) is 2.67. The Bertz CT molecular complexity index is 1090. The van der Waals surface area contributed by atoms with Crippen LogP contribution in [0.25, 0.3) is 0 Å². The van der Waals surface area contributed by atoms with Gasteiger partial charge in [-0.1, -0.05) is 0 Å². The Kier molecular flexibility index (Phi) is 6.84. The largest absolute Gasteiger partial charge is 0.489 e. The van der Waals surface area contributed by atoms with E-state index in [1.807, 2.05) is 19.9 Å². The van der Waals surface area contributed by atoms with E-state index in [2.05, 4.69) is 26.7 Å². The van der Waals surface area contributed by atoms with Crippen molar-refractivity contribution in [2.75, 3.05) is 29.9 Å². The predicted molar refractivity (Wildman–Crippen MR) is 124 cm³/mol. The molecule has 0 spiro atoms. The third kappa shape index (κ3) is 4.96. The zero-order valence-electron chi connectivity index (χ0n) is 18.9. The van der Waals surface area contributed by atoms with Crippen molar-refractivity contribution in [2.45, 2.75) is 51.6 Å². The number of nitrogens with zero attached hydrogens (tertiary/aromatic N) is 4. The van der Waals surface area contributed by atoms with Gasteiger partial charge in [-0.15, -0.1) is 0 Å². The number of hydrogen-bond acceptors (Lipinski definition) is 7. The third-order valence-electron chi connectivity index (χ3n) is 5.94. The van der Waals surface area contributed by atoms with Crippen molar-refractivity contribution in [2.24, 2.45) is 0 Å². The summed E-state index contributed by atoms with van der Waals surface area (Å²) in [6.07, 6.45) is 5.59. The normalized spacial score (nSPS) is 16.1. The van der Waals surface area contributed by atoms with Gasteiger partial charge in [0.2, 0.25) is 0 Å². The van der Waals surface area contributed by atoms with Crippen LogP contribution in [0.5, 0.6) is 5.75 Å². The molecule has 2 aliphatic heterocycles. The van der Waals surface area contributed by atoms with Crippen LogP contribution in [0.1, 0.15) is 66.2 Å². The lowest BCUT2D eigenvalue weighted by Crippen LogP contribution is -2.40. The molecule has 2 amide bonds. The fourth-order valence-electron chi connectivity index (χ4n) is 4.40. The molecule has 0 atom stereocenters. The number of aldehydes is 1. The first kappa shape index (κ1) is 22.7. The van der Waals surface area contributed by atoms with Gasteiger partial charge in [-0.05, 0) is 75.7 Å². The molecule has 33 heavy (non-hydrogen) atoms. The van der Waals surface area contributed by atoms with Gasteiger partial charge in [0.25, 0.3) is 0 Å². The van der Waals surface area contributed by atoms with Crippen LogP contribution in [0.2, 0.25) is 0 Å². The molecule has 4 heterocycles. The van der Waals surface area contributed by atoms with Crippen LogP contribution >= 0.6 is 0 Å². The van der Waals surface area contributed by atoms with Crippen molar-refractivity contribution in [3.63, 3.8) is 0 Å². The Balaban J connectivity index is 1.59. The number of hydrogen-bond donors (Lipinski definition) is 2. The number of aryl methyl sites for hydroxylation is 1. The van der Waals surface area contributed by atoms with Crippen LogP contribution in [0, 0.1) is 11.3 Å². The summed E-state index contributed by atoms with van der Waals surface area (Å²) in [7, 11) is 0. The Morgan fingerprint density at radius 1 is 1.36 bits per heavy atom. The molecule has 0 unspecified atom stereocenters. The molecule has 0 saturated carbocycles. The number of anilines is 2. The maximum absolute atomic E-state index is 13.1. The lowest BCUT2D eigenvalue weighted by molar-refractivity contribution is 0.111. The van der Waals surface area contributed by atoms with Crippen LogP contribution in [-0.4, -0.2) is 48.0 Å². The molecule has 0 aliphatic carbocycles. The first-order valence-electron chi connectivity index (χ1n) is 11.3. The number of ether oxygens (including phenoxy) is 1. The summed E-state index contributed by atoms with van der Waals surface area (Å²) >= 11 is 0. The highest BCUT2D eigenvalue weighted by Crippen LogP contribution is 2.33. The number of carbonyl (C=O) groups excluding carboxylic acids is 2. The number of nitrogens with one attached hydrogen (secondary N) is 2. The summed E-state index contributed by atoms with van der Waals surface area (Å²) < 4.78 is 5.68. The van der Waals surface area contributed by atoms with Crippen molar-refractivity contribution in [1.82, 2.24) is 15.3 Å². The number of fused-ring (bicyclic) bond motifs is 1. The van der Waals surface area contributed by atoms with Crippen molar-refractivity contribution in [3.8, 4) is 11.8 Å². The predicted octanol–water partition coefficient (Wildman–Crippen LogP) is 3.40. The smallest absolute Gasteiger partial charge is 0.328 e. The van der Waals surface area contributed by atoms with E-state index >= 15 is 0 Å². The van der Waals surface area contributed by atoms with Gasteiger partial charge < -0.3 is 10.1 Å². The van der Waals surface area contributed by atoms with Crippen LogP contribution in [0.15, 0.2) is 18.3 Å². The minimum Gasteiger partial charge on any atom is -0.489 e. The number of nitriles is 1. The minimum atomic E-state index is -0.386. The first-order chi connectivity index (χ1) is 16.0. The number of amides is 2. The molecular weight excluding hydrogens is 420 g/mol. The van der Waals surface area contributed by atoms with Gasteiger partial charge in [-0.3, -0.25) is 15.0 Å². The van der Waals surface area contributed by atoms with E-state index in [0.29, 0.717) is 35.3 Å². The van der Waals surface area contributed by atoms with Crippen LogP contribution in [0.3, 0.4) is 0 Å². The number of aromatic nitrogens is 2. The summed E-state index contributed by atoms with van der Waals surface area (Å²) in [5, 5.41) is 15.4. The molecule has 172 valence electrons. The second-order valence-electron chi connectivity index (χ2n) is 8.62. The average molecular weight is 449 g/mol. The quantitative estimate of drug-likeness (QED) is 0.673. The first-order valence-corrected chi connectivity index (χ1v) is 11.3. The van der Waals surface area contributed by atoms with Gasteiger partial charge in [0.15, 0.2) is 6.29 Å².